The Morgan fingerprint density at radius 3 is 2.42 bits per heavy atom. The third-order valence-electron chi connectivity index (χ3n) is 4.97. The Morgan fingerprint density at radius 1 is 1.05 bits per heavy atom. The number of ether oxygens (including phenoxy) is 2. The Balaban J connectivity index is 1.95. The van der Waals surface area contributed by atoms with Crippen LogP contribution in [-0.4, -0.2) is 26.8 Å². The molecular formula is C16H21NO2. The molecule has 1 aromatic carbocycles. The molecule has 1 saturated carbocycles. The lowest BCUT2D eigenvalue weighted by molar-refractivity contribution is 0.349. The van der Waals surface area contributed by atoms with Gasteiger partial charge in [0.05, 0.1) is 13.2 Å². The van der Waals surface area contributed by atoms with Crippen molar-refractivity contribution < 1.29 is 9.47 Å². The number of hydrogen-bond donors (Lipinski definition) is 1. The van der Waals surface area contributed by atoms with E-state index in [-0.39, 0.29) is 0 Å². The van der Waals surface area contributed by atoms with Crippen LogP contribution in [0.3, 0.4) is 0 Å². The Kier molecular flexibility index (Phi) is 2.37. The first-order valence-corrected chi connectivity index (χ1v) is 7.36. The molecule has 4 rings (SSSR count). The van der Waals surface area contributed by atoms with E-state index in [4.69, 9.17) is 9.47 Å². The van der Waals surface area contributed by atoms with E-state index in [2.05, 4.69) is 12.2 Å². The number of rotatable bonds is 3. The lowest BCUT2D eigenvalue weighted by Gasteiger charge is -2.23. The van der Waals surface area contributed by atoms with Crippen LogP contribution in [0.1, 0.15) is 35.1 Å². The van der Waals surface area contributed by atoms with Gasteiger partial charge in [-0.1, -0.05) is 0 Å². The van der Waals surface area contributed by atoms with E-state index >= 15 is 0 Å². The summed E-state index contributed by atoms with van der Waals surface area (Å²) in [4.78, 5) is 0. The highest BCUT2D eigenvalue weighted by Crippen LogP contribution is 2.57. The van der Waals surface area contributed by atoms with Crippen LogP contribution in [0.2, 0.25) is 0 Å². The van der Waals surface area contributed by atoms with Crippen molar-refractivity contribution in [3.8, 4) is 11.5 Å². The molecule has 102 valence electrons. The standard InChI is InChI=1S/C16H21NO2/c1-10-11-3-7-19-15(11)13(12-4-8-18-14(10)12)16(5-6-16)9-17-2/h17H,3-9H2,1-2H3. The molecule has 0 saturated heterocycles. The predicted molar refractivity (Wildman–Crippen MR) is 74.4 cm³/mol. The van der Waals surface area contributed by atoms with Gasteiger partial charge in [0.25, 0.3) is 0 Å². The summed E-state index contributed by atoms with van der Waals surface area (Å²) in [5.41, 5.74) is 5.95. The van der Waals surface area contributed by atoms with Gasteiger partial charge in [0.2, 0.25) is 0 Å². The SMILES string of the molecule is CNCC1(c2c3c(c(C)c4c2OCC4)OCC3)CC1. The molecule has 2 heterocycles. The molecule has 0 bridgehead atoms. The third-order valence-corrected chi connectivity index (χ3v) is 4.97. The number of fused-ring (bicyclic) bond motifs is 2. The Labute approximate surface area is 114 Å². The average molecular weight is 259 g/mol. The van der Waals surface area contributed by atoms with Crippen molar-refractivity contribution in [1.29, 1.82) is 0 Å². The average Bonchev–Trinajstić information content (AvgIpc) is 2.85. The molecule has 19 heavy (non-hydrogen) atoms. The summed E-state index contributed by atoms with van der Waals surface area (Å²) in [5.74, 6) is 2.37. The van der Waals surface area contributed by atoms with Gasteiger partial charge in [0, 0.05) is 41.5 Å². The maximum absolute atomic E-state index is 6.03. The van der Waals surface area contributed by atoms with Gasteiger partial charge in [0.15, 0.2) is 0 Å². The molecular weight excluding hydrogens is 238 g/mol. The minimum atomic E-state index is 0.314. The van der Waals surface area contributed by atoms with Gasteiger partial charge in [-0.05, 0) is 32.4 Å². The number of benzene rings is 1. The highest BCUT2D eigenvalue weighted by molar-refractivity contribution is 5.65. The molecule has 0 atom stereocenters. The monoisotopic (exact) mass is 259 g/mol. The van der Waals surface area contributed by atoms with E-state index in [1.807, 2.05) is 7.05 Å². The molecule has 0 aromatic heterocycles. The quantitative estimate of drug-likeness (QED) is 0.902. The van der Waals surface area contributed by atoms with Crippen LogP contribution in [0.4, 0.5) is 0 Å². The number of nitrogens with one attached hydrogen (secondary N) is 1. The van der Waals surface area contributed by atoms with Crippen LogP contribution in [0.15, 0.2) is 0 Å². The molecule has 0 unspecified atom stereocenters. The van der Waals surface area contributed by atoms with E-state index in [1.54, 1.807) is 0 Å². The van der Waals surface area contributed by atoms with Gasteiger partial charge in [-0.25, -0.2) is 0 Å². The van der Waals surface area contributed by atoms with Gasteiger partial charge in [-0.15, -0.1) is 0 Å². The topological polar surface area (TPSA) is 30.5 Å². The summed E-state index contributed by atoms with van der Waals surface area (Å²) >= 11 is 0. The molecule has 3 heteroatoms. The summed E-state index contributed by atoms with van der Waals surface area (Å²) in [6.45, 7) is 4.92. The summed E-state index contributed by atoms with van der Waals surface area (Å²) in [6, 6.07) is 0. The van der Waals surface area contributed by atoms with E-state index in [1.165, 1.54) is 46.6 Å². The highest BCUT2D eigenvalue weighted by Gasteiger charge is 2.49. The minimum absolute atomic E-state index is 0.314. The molecule has 0 radical (unpaired) electrons. The van der Waals surface area contributed by atoms with Crippen LogP contribution in [0.5, 0.6) is 11.5 Å². The van der Waals surface area contributed by atoms with Gasteiger partial charge in [-0.3, -0.25) is 0 Å². The second-order valence-electron chi connectivity index (χ2n) is 6.12. The third kappa shape index (κ3) is 1.48. The highest BCUT2D eigenvalue weighted by atomic mass is 16.5. The maximum Gasteiger partial charge on any atom is 0.127 e. The Bertz CT molecular complexity index is 511. The lowest BCUT2D eigenvalue weighted by Crippen LogP contribution is -2.25. The van der Waals surface area contributed by atoms with Gasteiger partial charge >= 0.3 is 0 Å². The van der Waals surface area contributed by atoms with Crippen molar-refractivity contribution in [1.82, 2.24) is 5.32 Å². The second kappa shape index (κ2) is 3.89. The van der Waals surface area contributed by atoms with Crippen molar-refractivity contribution in [2.75, 3.05) is 26.8 Å². The van der Waals surface area contributed by atoms with Crippen LogP contribution in [0, 0.1) is 6.92 Å². The first-order chi connectivity index (χ1) is 9.27. The maximum atomic E-state index is 6.03. The zero-order valence-corrected chi connectivity index (χ0v) is 11.8. The molecule has 1 N–H and O–H groups in total. The van der Waals surface area contributed by atoms with Crippen molar-refractivity contribution in [2.24, 2.45) is 0 Å². The predicted octanol–water partition coefficient (Wildman–Crippen LogP) is 2.12. The fraction of sp³-hybridized carbons (Fsp3) is 0.625. The molecule has 0 amide bonds. The van der Waals surface area contributed by atoms with Crippen LogP contribution in [-0.2, 0) is 18.3 Å². The molecule has 0 spiro atoms. The largest absolute Gasteiger partial charge is 0.493 e. The summed E-state index contributed by atoms with van der Waals surface area (Å²) < 4.78 is 11.9. The van der Waals surface area contributed by atoms with Crippen LogP contribution in [0.25, 0.3) is 0 Å². The van der Waals surface area contributed by atoms with Crippen LogP contribution >= 0.6 is 0 Å². The number of hydrogen-bond acceptors (Lipinski definition) is 3. The van der Waals surface area contributed by atoms with Gasteiger partial charge < -0.3 is 14.8 Å². The Hall–Kier alpha value is -1.22. The van der Waals surface area contributed by atoms with E-state index < -0.39 is 0 Å². The molecule has 1 fully saturated rings. The molecule has 1 aromatic rings. The van der Waals surface area contributed by atoms with Crippen molar-refractivity contribution >= 4 is 0 Å². The van der Waals surface area contributed by atoms with E-state index in [9.17, 15) is 0 Å². The summed E-state index contributed by atoms with van der Waals surface area (Å²) in [7, 11) is 2.05. The second-order valence-corrected chi connectivity index (χ2v) is 6.12. The van der Waals surface area contributed by atoms with Crippen molar-refractivity contribution in [3.05, 3.63) is 22.3 Å². The Morgan fingerprint density at radius 2 is 1.74 bits per heavy atom. The molecule has 3 nitrogen and oxygen atoms in total. The lowest BCUT2D eigenvalue weighted by atomic mass is 9.85. The number of likely N-dealkylation sites (N-methyl/N-ethyl adjacent to an activating group) is 1. The molecule has 2 aliphatic heterocycles. The van der Waals surface area contributed by atoms with E-state index in [0.717, 1.165) is 32.6 Å². The first kappa shape index (κ1) is 11.6. The zero-order valence-electron chi connectivity index (χ0n) is 11.8. The van der Waals surface area contributed by atoms with Crippen LogP contribution < -0.4 is 14.8 Å². The minimum Gasteiger partial charge on any atom is -0.493 e. The normalized spacial score (nSPS) is 21.6. The van der Waals surface area contributed by atoms with E-state index in [0.29, 0.717) is 5.41 Å². The smallest absolute Gasteiger partial charge is 0.127 e. The summed E-state index contributed by atoms with van der Waals surface area (Å²) in [5, 5.41) is 3.37. The molecule has 1 aliphatic carbocycles. The van der Waals surface area contributed by atoms with Crippen molar-refractivity contribution in [2.45, 2.75) is 38.0 Å². The van der Waals surface area contributed by atoms with Gasteiger partial charge in [-0.2, -0.15) is 0 Å². The van der Waals surface area contributed by atoms with Crippen molar-refractivity contribution in [3.63, 3.8) is 0 Å². The fourth-order valence-electron chi connectivity index (χ4n) is 3.91. The zero-order chi connectivity index (χ0) is 13.0. The summed E-state index contributed by atoms with van der Waals surface area (Å²) in [6.07, 6.45) is 4.65. The molecule has 3 aliphatic rings. The fourth-order valence-corrected chi connectivity index (χ4v) is 3.91. The van der Waals surface area contributed by atoms with Gasteiger partial charge in [0.1, 0.15) is 11.5 Å². The first-order valence-electron chi connectivity index (χ1n) is 7.36.